The summed E-state index contributed by atoms with van der Waals surface area (Å²) in [6.07, 6.45) is 1.29. The van der Waals surface area contributed by atoms with Gasteiger partial charge in [0, 0.05) is 17.7 Å². The van der Waals surface area contributed by atoms with E-state index in [2.05, 4.69) is 10.1 Å². The first-order valence-electron chi connectivity index (χ1n) is 6.69. The van der Waals surface area contributed by atoms with Crippen LogP contribution in [-0.2, 0) is 6.61 Å². The summed E-state index contributed by atoms with van der Waals surface area (Å²) in [7, 11) is 0. The molecule has 8 heteroatoms. The van der Waals surface area contributed by atoms with Crippen LogP contribution in [-0.4, -0.2) is 31.0 Å². The monoisotopic (exact) mass is 312 g/mol. The second-order valence-corrected chi connectivity index (χ2v) is 4.73. The molecule has 1 heterocycles. The van der Waals surface area contributed by atoms with Crippen molar-refractivity contribution in [3.05, 3.63) is 64.0 Å². The number of phenols is 1. The number of aromatic hydroxyl groups is 1. The minimum atomic E-state index is -0.553. The lowest BCUT2D eigenvalue weighted by Crippen LogP contribution is -1.99. The molecule has 2 aromatic carbocycles. The summed E-state index contributed by atoms with van der Waals surface area (Å²) >= 11 is 0. The Balaban J connectivity index is 2.07. The van der Waals surface area contributed by atoms with E-state index in [0.717, 1.165) is 0 Å². The minimum absolute atomic E-state index is 0.130. The third-order valence-corrected chi connectivity index (χ3v) is 3.28. The molecule has 0 saturated carbocycles. The van der Waals surface area contributed by atoms with Gasteiger partial charge in [0.1, 0.15) is 12.4 Å². The zero-order valence-corrected chi connectivity index (χ0v) is 11.8. The highest BCUT2D eigenvalue weighted by Crippen LogP contribution is 2.22. The molecular formula is C15H12N4O4. The summed E-state index contributed by atoms with van der Waals surface area (Å²) in [5, 5.41) is 34.2. The fourth-order valence-corrected chi connectivity index (χ4v) is 2.17. The molecule has 0 fully saturated rings. The summed E-state index contributed by atoms with van der Waals surface area (Å²) in [6.45, 7) is -0.313. The Bertz CT molecular complexity index is 917. The summed E-state index contributed by atoms with van der Waals surface area (Å²) in [5.41, 5.74) is 1.39. The lowest BCUT2D eigenvalue weighted by molar-refractivity contribution is -0.384. The van der Waals surface area contributed by atoms with E-state index < -0.39 is 4.92 Å². The first-order chi connectivity index (χ1) is 11.1. The highest BCUT2D eigenvalue weighted by atomic mass is 16.6. The topological polar surface area (TPSA) is 114 Å². The van der Waals surface area contributed by atoms with Crippen LogP contribution >= 0.6 is 0 Å². The number of para-hydroxylation sites is 2. The van der Waals surface area contributed by atoms with Crippen molar-refractivity contribution in [1.29, 1.82) is 0 Å². The molecule has 0 saturated heterocycles. The Morgan fingerprint density at radius 2 is 2.09 bits per heavy atom. The number of imidazole rings is 1. The zero-order valence-electron chi connectivity index (χ0n) is 11.8. The van der Waals surface area contributed by atoms with E-state index in [9.17, 15) is 20.3 Å². The second kappa shape index (κ2) is 5.85. The van der Waals surface area contributed by atoms with Crippen molar-refractivity contribution in [2.75, 3.05) is 0 Å². The van der Waals surface area contributed by atoms with E-state index in [4.69, 9.17) is 0 Å². The van der Waals surface area contributed by atoms with Gasteiger partial charge in [-0.3, -0.25) is 10.1 Å². The molecule has 0 spiro atoms. The van der Waals surface area contributed by atoms with Gasteiger partial charge in [-0.2, -0.15) is 5.10 Å². The molecule has 0 aliphatic carbocycles. The van der Waals surface area contributed by atoms with Gasteiger partial charge in [-0.1, -0.05) is 12.1 Å². The highest BCUT2D eigenvalue weighted by Gasteiger charge is 2.11. The van der Waals surface area contributed by atoms with Gasteiger partial charge in [0.2, 0.25) is 0 Å². The van der Waals surface area contributed by atoms with E-state index >= 15 is 0 Å². The number of hydrogen-bond donors (Lipinski definition) is 2. The quantitative estimate of drug-likeness (QED) is 0.434. The van der Waals surface area contributed by atoms with Crippen molar-refractivity contribution in [3.8, 4) is 5.75 Å². The number of rotatable bonds is 4. The Labute approximate surface area is 130 Å². The van der Waals surface area contributed by atoms with Crippen molar-refractivity contribution < 1.29 is 15.1 Å². The van der Waals surface area contributed by atoms with Gasteiger partial charge in [0.05, 0.1) is 22.2 Å². The second-order valence-electron chi connectivity index (χ2n) is 4.73. The van der Waals surface area contributed by atoms with Gasteiger partial charge >= 0.3 is 0 Å². The normalized spacial score (nSPS) is 11.3. The Hall–Kier alpha value is -3.26. The number of nitrogens with zero attached hydrogens (tertiary/aromatic N) is 4. The van der Waals surface area contributed by atoms with E-state index in [1.165, 1.54) is 29.1 Å². The van der Waals surface area contributed by atoms with E-state index in [-0.39, 0.29) is 23.6 Å². The fourth-order valence-electron chi connectivity index (χ4n) is 2.17. The van der Waals surface area contributed by atoms with Crippen LogP contribution < -0.4 is 0 Å². The van der Waals surface area contributed by atoms with Crippen LogP contribution in [0.3, 0.4) is 0 Å². The standard InChI is InChI=1S/C15H12N4O4/c20-9-15-17-12-3-1-2-4-13(12)18(15)16-8-10-7-11(19(22)23)5-6-14(10)21/h1-8,20-21H,9H2/b16-8+. The molecule has 3 aromatic rings. The number of nitro groups is 1. The average molecular weight is 312 g/mol. The molecule has 23 heavy (non-hydrogen) atoms. The van der Waals surface area contributed by atoms with Gasteiger partial charge < -0.3 is 10.2 Å². The maximum Gasteiger partial charge on any atom is 0.270 e. The number of benzene rings is 2. The molecule has 0 aliphatic rings. The van der Waals surface area contributed by atoms with Crippen LogP contribution in [0.2, 0.25) is 0 Å². The van der Waals surface area contributed by atoms with Crippen molar-refractivity contribution in [3.63, 3.8) is 0 Å². The van der Waals surface area contributed by atoms with Crippen molar-refractivity contribution in [1.82, 2.24) is 9.66 Å². The maximum atomic E-state index is 10.8. The van der Waals surface area contributed by atoms with Gasteiger partial charge in [-0.05, 0) is 18.2 Å². The predicted molar refractivity (Wildman–Crippen MR) is 83.4 cm³/mol. The number of non-ortho nitro benzene ring substituents is 1. The smallest absolute Gasteiger partial charge is 0.270 e. The number of aliphatic hydroxyl groups excluding tert-OH is 1. The number of hydrogen-bond acceptors (Lipinski definition) is 6. The van der Waals surface area contributed by atoms with Gasteiger partial charge in [0.25, 0.3) is 5.69 Å². The molecule has 0 radical (unpaired) electrons. The van der Waals surface area contributed by atoms with E-state index in [1.807, 2.05) is 12.1 Å². The van der Waals surface area contributed by atoms with Gasteiger partial charge in [0.15, 0.2) is 5.82 Å². The molecular weight excluding hydrogens is 300 g/mol. The Kier molecular flexibility index (Phi) is 3.73. The summed E-state index contributed by atoms with van der Waals surface area (Å²) in [6, 6.07) is 10.9. The largest absolute Gasteiger partial charge is 0.507 e. The van der Waals surface area contributed by atoms with Crippen LogP contribution in [0, 0.1) is 10.1 Å². The van der Waals surface area contributed by atoms with Crippen LogP contribution in [0.25, 0.3) is 11.0 Å². The lowest BCUT2D eigenvalue weighted by atomic mass is 10.2. The van der Waals surface area contributed by atoms with Crippen molar-refractivity contribution >= 4 is 22.9 Å². The summed E-state index contributed by atoms with van der Waals surface area (Å²) in [4.78, 5) is 14.5. The average Bonchev–Trinajstić information content (AvgIpc) is 2.91. The number of aromatic nitrogens is 2. The molecule has 8 nitrogen and oxygen atoms in total. The molecule has 0 atom stereocenters. The molecule has 0 amide bonds. The third-order valence-electron chi connectivity index (χ3n) is 3.28. The number of phenolic OH excluding ortho intramolecular Hbond substituents is 1. The first kappa shape index (κ1) is 14.7. The summed E-state index contributed by atoms with van der Waals surface area (Å²) < 4.78 is 1.42. The van der Waals surface area contributed by atoms with Gasteiger partial charge in [-0.25, -0.2) is 9.66 Å². The van der Waals surface area contributed by atoms with Crippen molar-refractivity contribution in [2.45, 2.75) is 6.61 Å². The molecule has 0 aliphatic heterocycles. The predicted octanol–water partition coefficient (Wildman–Crippen LogP) is 2.02. The molecule has 0 bridgehead atoms. The lowest BCUT2D eigenvalue weighted by Gasteiger charge is -2.01. The maximum absolute atomic E-state index is 10.8. The molecule has 3 rings (SSSR count). The zero-order chi connectivity index (χ0) is 16.4. The molecule has 116 valence electrons. The number of aliphatic hydroxyl groups is 1. The van der Waals surface area contributed by atoms with Crippen LogP contribution in [0.4, 0.5) is 5.69 Å². The summed E-state index contributed by atoms with van der Waals surface area (Å²) in [5.74, 6) is 0.196. The van der Waals surface area contributed by atoms with E-state index in [0.29, 0.717) is 16.9 Å². The highest BCUT2D eigenvalue weighted by molar-refractivity contribution is 5.85. The van der Waals surface area contributed by atoms with Crippen LogP contribution in [0.1, 0.15) is 11.4 Å². The van der Waals surface area contributed by atoms with Crippen molar-refractivity contribution in [2.24, 2.45) is 5.10 Å². The van der Waals surface area contributed by atoms with E-state index in [1.54, 1.807) is 12.1 Å². The van der Waals surface area contributed by atoms with Gasteiger partial charge in [-0.15, -0.1) is 0 Å². The number of fused-ring (bicyclic) bond motifs is 1. The fraction of sp³-hybridized carbons (Fsp3) is 0.0667. The SMILES string of the molecule is O=[N+]([O-])c1ccc(O)c(/C=N/n2c(CO)nc3ccccc32)c1. The number of nitro benzene ring substituents is 1. The minimum Gasteiger partial charge on any atom is -0.507 e. The van der Waals surface area contributed by atoms with Crippen LogP contribution in [0.15, 0.2) is 47.6 Å². The molecule has 1 aromatic heterocycles. The Morgan fingerprint density at radius 3 is 2.83 bits per heavy atom. The molecule has 0 unspecified atom stereocenters. The van der Waals surface area contributed by atoms with Crippen LogP contribution in [0.5, 0.6) is 5.75 Å². The Morgan fingerprint density at radius 1 is 1.30 bits per heavy atom. The molecule has 2 N–H and O–H groups in total. The third kappa shape index (κ3) is 2.74. The first-order valence-corrected chi connectivity index (χ1v) is 6.69.